The molecule has 1 aliphatic heterocycles. The van der Waals surface area contributed by atoms with Crippen molar-refractivity contribution in [1.82, 2.24) is 9.88 Å². The molecule has 0 spiro atoms. The number of pyridine rings is 1. The Balaban J connectivity index is 2.24. The van der Waals surface area contributed by atoms with Gasteiger partial charge >= 0.3 is 0 Å². The van der Waals surface area contributed by atoms with Crippen LogP contribution in [0.1, 0.15) is 17.3 Å². The molecule has 1 saturated heterocycles. The molecule has 0 saturated carbocycles. The molecule has 98 valence electrons. The highest BCUT2D eigenvalue weighted by Crippen LogP contribution is 2.20. The zero-order valence-electron chi connectivity index (χ0n) is 10.0. The summed E-state index contributed by atoms with van der Waals surface area (Å²) in [7, 11) is 0. The predicted octanol–water partition coefficient (Wildman–Crippen LogP) is 0.991. The normalized spacial score (nSPS) is 19.7. The number of ether oxygens (including phenoxy) is 1. The molecule has 2 heterocycles. The van der Waals surface area contributed by atoms with E-state index < -0.39 is 0 Å². The number of amides is 1. The van der Waals surface area contributed by atoms with Crippen molar-refractivity contribution in [2.75, 3.05) is 25.1 Å². The van der Waals surface area contributed by atoms with E-state index in [1.807, 2.05) is 6.92 Å². The smallest absolute Gasteiger partial charge is 0.257 e. The topological polar surface area (TPSA) is 80.5 Å². The Labute approximate surface area is 114 Å². The molecule has 1 aromatic heterocycles. The summed E-state index contributed by atoms with van der Waals surface area (Å²) in [6, 6.07) is 1.71. The summed E-state index contributed by atoms with van der Waals surface area (Å²) >= 11 is 3.30. The van der Waals surface area contributed by atoms with Crippen LogP contribution < -0.4 is 11.3 Å². The van der Waals surface area contributed by atoms with Gasteiger partial charge in [0.15, 0.2) is 5.82 Å². The maximum atomic E-state index is 12.4. The quantitative estimate of drug-likeness (QED) is 0.628. The number of anilines is 1. The van der Waals surface area contributed by atoms with Gasteiger partial charge in [-0.2, -0.15) is 0 Å². The van der Waals surface area contributed by atoms with Crippen molar-refractivity contribution in [2.24, 2.45) is 5.84 Å². The summed E-state index contributed by atoms with van der Waals surface area (Å²) in [5.41, 5.74) is 2.90. The van der Waals surface area contributed by atoms with Gasteiger partial charge in [-0.25, -0.2) is 10.8 Å². The van der Waals surface area contributed by atoms with Gasteiger partial charge in [-0.15, -0.1) is 0 Å². The first-order valence-electron chi connectivity index (χ1n) is 5.65. The molecule has 1 aliphatic rings. The number of rotatable bonds is 2. The maximum Gasteiger partial charge on any atom is 0.257 e. The molecule has 6 nitrogen and oxygen atoms in total. The number of hydrogen-bond acceptors (Lipinski definition) is 5. The van der Waals surface area contributed by atoms with Crippen LogP contribution in [0, 0.1) is 0 Å². The molecule has 1 fully saturated rings. The van der Waals surface area contributed by atoms with Crippen LogP contribution in [0.4, 0.5) is 5.82 Å². The van der Waals surface area contributed by atoms with Gasteiger partial charge in [0.25, 0.3) is 5.91 Å². The number of carbonyl (C=O) groups excluding carboxylic acids is 1. The fourth-order valence-electron chi connectivity index (χ4n) is 1.89. The summed E-state index contributed by atoms with van der Waals surface area (Å²) in [4.78, 5) is 18.2. The standard InChI is InChI=1S/C11H15BrN4O2/c1-7-6-16(2-3-18-7)11(17)9-4-8(12)5-14-10(9)15-13/h4-5,7H,2-3,6,13H2,1H3,(H,14,15). The SMILES string of the molecule is CC1CN(C(=O)c2cc(Br)cnc2NN)CCO1. The second-order valence-electron chi connectivity index (χ2n) is 4.13. The fourth-order valence-corrected chi connectivity index (χ4v) is 2.22. The number of nitrogens with zero attached hydrogens (tertiary/aromatic N) is 2. The van der Waals surface area contributed by atoms with Crippen molar-refractivity contribution in [3.8, 4) is 0 Å². The molecule has 1 atom stereocenters. The highest BCUT2D eigenvalue weighted by Gasteiger charge is 2.24. The van der Waals surface area contributed by atoms with Crippen LogP contribution >= 0.6 is 15.9 Å². The number of nitrogen functional groups attached to an aromatic ring is 1. The van der Waals surface area contributed by atoms with Gasteiger partial charge in [0.05, 0.1) is 18.3 Å². The monoisotopic (exact) mass is 314 g/mol. The zero-order valence-corrected chi connectivity index (χ0v) is 11.6. The molecular weight excluding hydrogens is 300 g/mol. The van der Waals surface area contributed by atoms with Gasteiger partial charge in [-0.1, -0.05) is 0 Å². The lowest BCUT2D eigenvalue weighted by Crippen LogP contribution is -2.44. The molecule has 7 heteroatoms. The average molecular weight is 315 g/mol. The first kappa shape index (κ1) is 13.3. The molecular formula is C11H15BrN4O2. The molecule has 0 radical (unpaired) electrons. The predicted molar refractivity (Wildman–Crippen MR) is 71.1 cm³/mol. The third kappa shape index (κ3) is 2.80. The second kappa shape index (κ2) is 5.64. The Hall–Kier alpha value is -1.18. The third-order valence-corrected chi connectivity index (χ3v) is 3.18. The van der Waals surface area contributed by atoms with E-state index in [2.05, 4.69) is 26.3 Å². The van der Waals surface area contributed by atoms with Crippen molar-refractivity contribution >= 4 is 27.7 Å². The van der Waals surface area contributed by atoms with Crippen LogP contribution in [0.5, 0.6) is 0 Å². The minimum atomic E-state index is -0.0908. The summed E-state index contributed by atoms with van der Waals surface area (Å²) < 4.78 is 6.16. The Morgan fingerprint density at radius 2 is 2.50 bits per heavy atom. The number of morpholine rings is 1. The molecule has 0 aliphatic carbocycles. The van der Waals surface area contributed by atoms with Crippen LogP contribution in [-0.2, 0) is 4.74 Å². The number of carbonyl (C=O) groups is 1. The molecule has 0 aromatic carbocycles. The number of aromatic nitrogens is 1. The number of halogens is 1. The van der Waals surface area contributed by atoms with E-state index in [9.17, 15) is 4.79 Å². The lowest BCUT2D eigenvalue weighted by Gasteiger charge is -2.31. The van der Waals surface area contributed by atoms with Crippen molar-refractivity contribution < 1.29 is 9.53 Å². The zero-order chi connectivity index (χ0) is 13.1. The van der Waals surface area contributed by atoms with Crippen LogP contribution in [0.25, 0.3) is 0 Å². The van der Waals surface area contributed by atoms with Gasteiger partial charge in [0, 0.05) is 23.8 Å². The fraction of sp³-hybridized carbons (Fsp3) is 0.455. The Morgan fingerprint density at radius 3 is 3.17 bits per heavy atom. The highest BCUT2D eigenvalue weighted by molar-refractivity contribution is 9.10. The Bertz CT molecular complexity index is 455. The van der Waals surface area contributed by atoms with E-state index in [1.54, 1.807) is 17.2 Å². The largest absolute Gasteiger partial charge is 0.375 e. The highest BCUT2D eigenvalue weighted by atomic mass is 79.9. The molecule has 18 heavy (non-hydrogen) atoms. The van der Waals surface area contributed by atoms with Gasteiger partial charge < -0.3 is 15.1 Å². The van der Waals surface area contributed by atoms with E-state index in [4.69, 9.17) is 10.6 Å². The first-order chi connectivity index (χ1) is 8.61. The molecule has 2 rings (SSSR count). The lowest BCUT2D eigenvalue weighted by molar-refractivity contribution is -0.0124. The second-order valence-corrected chi connectivity index (χ2v) is 5.04. The van der Waals surface area contributed by atoms with Crippen molar-refractivity contribution in [2.45, 2.75) is 13.0 Å². The van der Waals surface area contributed by atoms with E-state index in [0.29, 0.717) is 31.1 Å². The van der Waals surface area contributed by atoms with Crippen LogP contribution in [-0.4, -0.2) is 41.6 Å². The van der Waals surface area contributed by atoms with Crippen LogP contribution in [0.15, 0.2) is 16.7 Å². The van der Waals surface area contributed by atoms with E-state index in [-0.39, 0.29) is 12.0 Å². The molecule has 0 bridgehead atoms. The van der Waals surface area contributed by atoms with E-state index >= 15 is 0 Å². The molecule has 1 amide bonds. The van der Waals surface area contributed by atoms with Crippen molar-refractivity contribution in [3.05, 3.63) is 22.3 Å². The Morgan fingerprint density at radius 1 is 1.72 bits per heavy atom. The minimum absolute atomic E-state index is 0.0529. The van der Waals surface area contributed by atoms with Crippen molar-refractivity contribution in [1.29, 1.82) is 0 Å². The summed E-state index contributed by atoms with van der Waals surface area (Å²) in [5, 5.41) is 0. The van der Waals surface area contributed by atoms with Crippen LogP contribution in [0.2, 0.25) is 0 Å². The molecule has 3 N–H and O–H groups in total. The van der Waals surface area contributed by atoms with E-state index in [0.717, 1.165) is 4.47 Å². The number of nitrogens with two attached hydrogens (primary N) is 1. The summed E-state index contributed by atoms with van der Waals surface area (Å²) in [6.45, 7) is 3.66. The maximum absolute atomic E-state index is 12.4. The van der Waals surface area contributed by atoms with E-state index in [1.165, 1.54) is 0 Å². The number of nitrogens with one attached hydrogen (secondary N) is 1. The lowest BCUT2D eigenvalue weighted by atomic mass is 10.2. The number of hydrogen-bond donors (Lipinski definition) is 2. The third-order valence-electron chi connectivity index (χ3n) is 2.75. The van der Waals surface area contributed by atoms with Gasteiger partial charge in [0.1, 0.15) is 0 Å². The first-order valence-corrected chi connectivity index (χ1v) is 6.44. The van der Waals surface area contributed by atoms with Crippen LogP contribution in [0.3, 0.4) is 0 Å². The Kier molecular flexibility index (Phi) is 4.15. The molecule has 1 unspecified atom stereocenters. The van der Waals surface area contributed by atoms with Crippen molar-refractivity contribution in [3.63, 3.8) is 0 Å². The van der Waals surface area contributed by atoms with Gasteiger partial charge in [-0.05, 0) is 28.9 Å². The average Bonchev–Trinajstić information content (AvgIpc) is 2.38. The molecule has 1 aromatic rings. The minimum Gasteiger partial charge on any atom is -0.375 e. The summed E-state index contributed by atoms with van der Waals surface area (Å²) in [5.74, 6) is 5.66. The number of hydrazine groups is 1. The van der Waals surface area contributed by atoms with Gasteiger partial charge in [0.2, 0.25) is 0 Å². The van der Waals surface area contributed by atoms with Gasteiger partial charge in [-0.3, -0.25) is 4.79 Å². The summed E-state index contributed by atoms with van der Waals surface area (Å²) in [6.07, 6.45) is 1.64.